The molecule has 0 radical (unpaired) electrons. The minimum atomic E-state index is 0.335. The van der Waals surface area contributed by atoms with Crippen molar-refractivity contribution >= 4 is 5.69 Å². The van der Waals surface area contributed by atoms with Gasteiger partial charge in [-0.15, -0.1) is 0 Å². The maximum absolute atomic E-state index is 5.88. The number of rotatable bonds is 6. The molecule has 0 aliphatic carbocycles. The van der Waals surface area contributed by atoms with Crippen LogP contribution in [0.25, 0.3) is 0 Å². The molecule has 0 saturated carbocycles. The van der Waals surface area contributed by atoms with Gasteiger partial charge in [-0.1, -0.05) is 6.07 Å². The number of ether oxygens (including phenoxy) is 2. The lowest BCUT2D eigenvalue weighted by atomic mass is 10.1. The Morgan fingerprint density at radius 3 is 2.71 bits per heavy atom. The average molecular weight is 288 g/mol. The van der Waals surface area contributed by atoms with Gasteiger partial charge in [0.15, 0.2) is 5.75 Å². The molecule has 0 bridgehead atoms. The third-order valence-electron chi connectivity index (χ3n) is 3.03. The predicted octanol–water partition coefficient (Wildman–Crippen LogP) is 2.07. The second kappa shape index (κ2) is 6.90. The van der Waals surface area contributed by atoms with Gasteiger partial charge in [0.1, 0.15) is 18.7 Å². The zero-order valence-electron chi connectivity index (χ0n) is 12.5. The van der Waals surface area contributed by atoms with Gasteiger partial charge in [0.05, 0.1) is 29.7 Å². The van der Waals surface area contributed by atoms with Gasteiger partial charge in [-0.05, 0) is 26.0 Å². The smallest absolute Gasteiger partial charge is 0.159 e. The number of hydrazine groups is 1. The third kappa shape index (κ3) is 3.61. The van der Waals surface area contributed by atoms with Crippen molar-refractivity contribution in [2.75, 3.05) is 18.7 Å². The molecular weight excluding hydrogens is 268 g/mol. The van der Waals surface area contributed by atoms with Gasteiger partial charge in [0, 0.05) is 7.05 Å². The monoisotopic (exact) mass is 288 g/mol. The average Bonchev–Trinajstić information content (AvgIpc) is 2.47. The molecule has 0 fully saturated rings. The van der Waals surface area contributed by atoms with Gasteiger partial charge in [-0.2, -0.15) is 0 Å². The Hall–Kier alpha value is -2.34. The van der Waals surface area contributed by atoms with Crippen molar-refractivity contribution < 1.29 is 9.47 Å². The van der Waals surface area contributed by atoms with Crippen molar-refractivity contribution in [3.05, 3.63) is 42.0 Å². The van der Waals surface area contributed by atoms with Crippen LogP contribution in [-0.2, 0) is 6.61 Å². The summed E-state index contributed by atoms with van der Waals surface area (Å²) in [7, 11) is 1.78. The minimum Gasteiger partial charge on any atom is -0.493 e. The van der Waals surface area contributed by atoms with E-state index < -0.39 is 0 Å². The summed E-state index contributed by atoms with van der Waals surface area (Å²) in [5, 5.41) is 1.55. The number of aromatic nitrogens is 2. The normalized spacial score (nSPS) is 10.3. The largest absolute Gasteiger partial charge is 0.493 e. The van der Waals surface area contributed by atoms with Crippen LogP contribution in [0.1, 0.15) is 18.2 Å². The summed E-state index contributed by atoms with van der Waals surface area (Å²) in [6.45, 7) is 4.74. The SMILES string of the molecule is CCOc1cccc(N(C)N)c1COc1cncnc1C. The third-order valence-corrected chi connectivity index (χ3v) is 3.03. The number of anilines is 1. The first-order valence-electron chi connectivity index (χ1n) is 6.76. The van der Waals surface area contributed by atoms with Crippen molar-refractivity contribution in [2.45, 2.75) is 20.5 Å². The lowest BCUT2D eigenvalue weighted by Crippen LogP contribution is -2.26. The maximum Gasteiger partial charge on any atom is 0.159 e. The van der Waals surface area contributed by atoms with Crippen LogP contribution in [-0.4, -0.2) is 23.6 Å². The first kappa shape index (κ1) is 15.1. The Balaban J connectivity index is 2.27. The van der Waals surface area contributed by atoms with Crippen LogP contribution in [0.3, 0.4) is 0 Å². The van der Waals surface area contributed by atoms with E-state index in [-0.39, 0.29) is 0 Å². The molecule has 0 amide bonds. The lowest BCUT2D eigenvalue weighted by molar-refractivity contribution is 0.283. The summed E-state index contributed by atoms with van der Waals surface area (Å²) in [6, 6.07) is 5.74. The molecule has 2 rings (SSSR count). The number of hydrogen-bond donors (Lipinski definition) is 1. The van der Waals surface area contributed by atoms with E-state index in [0.717, 1.165) is 22.7 Å². The molecule has 21 heavy (non-hydrogen) atoms. The Bertz CT molecular complexity index is 602. The minimum absolute atomic E-state index is 0.335. The van der Waals surface area contributed by atoms with E-state index in [4.69, 9.17) is 15.3 Å². The highest BCUT2D eigenvalue weighted by molar-refractivity contribution is 5.58. The Labute approximate surface area is 124 Å². The topological polar surface area (TPSA) is 73.5 Å². The first-order chi connectivity index (χ1) is 10.1. The van der Waals surface area contributed by atoms with E-state index in [1.54, 1.807) is 18.3 Å². The number of aryl methyl sites for hydroxylation is 1. The van der Waals surface area contributed by atoms with Gasteiger partial charge in [-0.3, -0.25) is 0 Å². The summed E-state index contributed by atoms with van der Waals surface area (Å²) >= 11 is 0. The standard InChI is InChI=1S/C15H20N4O2/c1-4-20-14-7-5-6-13(19(3)16)12(14)9-21-15-8-17-10-18-11(15)2/h5-8,10H,4,9,16H2,1-3H3. The first-order valence-corrected chi connectivity index (χ1v) is 6.76. The fourth-order valence-corrected chi connectivity index (χ4v) is 1.99. The van der Waals surface area contributed by atoms with Crippen molar-refractivity contribution in [1.82, 2.24) is 9.97 Å². The van der Waals surface area contributed by atoms with Gasteiger partial charge < -0.3 is 14.5 Å². The summed E-state index contributed by atoms with van der Waals surface area (Å²) in [6.07, 6.45) is 3.15. The molecule has 1 aromatic heterocycles. The zero-order chi connectivity index (χ0) is 15.2. The van der Waals surface area contributed by atoms with Crippen molar-refractivity contribution in [2.24, 2.45) is 5.84 Å². The molecule has 2 N–H and O–H groups in total. The quantitative estimate of drug-likeness (QED) is 0.648. The van der Waals surface area contributed by atoms with Crippen molar-refractivity contribution in [3.8, 4) is 11.5 Å². The molecule has 6 nitrogen and oxygen atoms in total. The molecule has 1 aromatic carbocycles. The van der Waals surface area contributed by atoms with Crippen LogP contribution in [0.15, 0.2) is 30.7 Å². The van der Waals surface area contributed by atoms with Crippen LogP contribution in [0.5, 0.6) is 11.5 Å². The summed E-state index contributed by atoms with van der Waals surface area (Å²) < 4.78 is 11.5. The van der Waals surface area contributed by atoms with E-state index in [0.29, 0.717) is 19.0 Å². The predicted molar refractivity (Wildman–Crippen MR) is 81.3 cm³/mol. The molecule has 1 heterocycles. The molecule has 112 valence electrons. The summed E-state index contributed by atoms with van der Waals surface area (Å²) in [5.41, 5.74) is 2.55. The van der Waals surface area contributed by atoms with Gasteiger partial charge in [0.25, 0.3) is 0 Å². The molecule has 2 aromatic rings. The highest BCUT2D eigenvalue weighted by Crippen LogP contribution is 2.29. The summed E-state index contributed by atoms with van der Waals surface area (Å²) in [5.74, 6) is 7.29. The fourth-order valence-electron chi connectivity index (χ4n) is 1.99. The van der Waals surface area contributed by atoms with Gasteiger partial charge in [0.2, 0.25) is 0 Å². The zero-order valence-corrected chi connectivity index (χ0v) is 12.5. The fraction of sp³-hybridized carbons (Fsp3) is 0.333. The molecule has 0 unspecified atom stereocenters. The molecule has 0 atom stereocenters. The van der Waals surface area contributed by atoms with E-state index in [1.165, 1.54) is 6.33 Å². The van der Waals surface area contributed by atoms with Crippen molar-refractivity contribution in [3.63, 3.8) is 0 Å². The maximum atomic E-state index is 5.88. The van der Waals surface area contributed by atoms with Crippen LogP contribution < -0.4 is 20.3 Å². The highest BCUT2D eigenvalue weighted by Gasteiger charge is 2.13. The van der Waals surface area contributed by atoms with Crippen LogP contribution in [0, 0.1) is 6.92 Å². The molecular formula is C15H20N4O2. The number of nitrogens with two attached hydrogens (primary N) is 1. The number of benzene rings is 1. The number of hydrogen-bond acceptors (Lipinski definition) is 6. The second-order valence-corrected chi connectivity index (χ2v) is 4.56. The van der Waals surface area contributed by atoms with E-state index in [1.807, 2.05) is 32.0 Å². The molecule has 0 saturated heterocycles. The Kier molecular flexibility index (Phi) is 4.94. The molecule has 0 aliphatic rings. The Morgan fingerprint density at radius 2 is 2.05 bits per heavy atom. The highest BCUT2D eigenvalue weighted by atomic mass is 16.5. The summed E-state index contributed by atoms with van der Waals surface area (Å²) in [4.78, 5) is 8.08. The number of nitrogens with zero attached hydrogens (tertiary/aromatic N) is 3. The van der Waals surface area contributed by atoms with Crippen LogP contribution >= 0.6 is 0 Å². The van der Waals surface area contributed by atoms with Gasteiger partial charge >= 0.3 is 0 Å². The van der Waals surface area contributed by atoms with Crippen LogP contribution in [0.2, 0.25) is 0 Å². The second-order valence-electron chi connectivity index (χ2n) is 4.56. The Morgan fingerprint density at radius 1 is 1.24 bits per heavy atom. The van der Waals surface area contributed by atoms with E-state index in [9.17, 15) is 0 Å². The van der Waals surface area contributed by atoms with Crippen molar-refractivity contribution in [1.29, 1.82) is 0 Å². The molecule has 0 spiro atoms. The lowest BCUT2D eigenvalue weighted by Gasteiger charge is -2.20. The van der Waals surface area contributed by atoms with E-state index >= 15 is 0 Å². The molecule has 0 aliphatic heterocycles. The van der Waals surface area contributed by atoms with Crippen LogP contribution in [0.4, 0.5) is 5.69 Å². The molecule has 6 heteroatoms. The van der Waals surface area contributed by atoms with Gasteiger partial charge in [-0.25, -0.2) is 15.8 Å². The van der Waals surface area contributed by atoms with E-state index in [2.05, 4.69) is 9.97 Å².